The quantitative estimate of drug-likeness (QED) is 0.591. The molecule has 0 fully saturated rings. The van der Waals surface area contributed by atoms with Crippen molar-refractivity contribution >= 4 is 22.2 Å². The normalized spacial score (nSPS) is 11.7. The van der Waals surface area contributed by atoms with Gasteiger partial charge in [0.1, 0.15) is 10.8 Å². The van der Waals surface area contributed by atoms with E-state index >= 15 is 0 Å². The van der Waals surface area contributed by atoms with Crippen LogP contribution in [0.1, 0.15) is 56.4 Å². The summed E-state index contributed by atoms with van der Waals surface area (Å²) in [6.07, 6.45) is 0. The second-order valence-electron chi connectivity index (χ2n) is 6.77. The van der Waals surface area contributed by atoms with Crippen molar-refractivity contribution in [2.45, 2.75) is 46.5 Å². The van der Waals surface area contributed by atoms with Crippen LogP contribution in [0.25, 0.3) is 21.6 Å². The minimum atomic E-state index is 0.423. The van der Waals surface area contributed by atoms with Crippen molar-refractivity contribution in [1.29, 1.82) is 0 Å². The van der Waals surface area contributed by atoms with Gasteiger partial charge in [-0.2, -0.15) is 0 Å². The van der Waals surface area contributed by atoms with Gasteiger partial charge in [-0.1, -0.05) is 27.7 Å². The zero-order valence-corrected chi connectivity index (χ0v) is 16.0. The number of fused-ring (bicyclic) bond motifs is 1. The molecule has 0 atom stereocenters. The molecule has 24 heavy (non-hydrogen) atoms. The summed E-state index contributed by atoms with van der Waals surface area (Å²) in [5.41, 5.74) is 5.49. The molecule has 0 bridgehead atoms. The maximum Gasteiger partial charge on any atom is 0.142 e. The Hall–Kier alpha value is -1.94. The Labute approximate surface area is 147 Å². The van der Waals surface area contributed by atoms with E-state index in [9.17, 15) is 0 Å². The van der Waals surface area contributed by atoms with Crippen LogP contribution in [-0.2, 0) is 0 Å². The Balaban J connectivity index is 2.26. The van der Waals surface area contributed by atoms with E-state index in [0.717, 1.165) is 33.2 Å². The van der Waals surface area contributed by atoms with Crippen molar-refractivity contribution in [2.24, 2.45) is 0 Å². The Bertz CT molecular complexity index is 881. The largest absolute Gasteiger partial charge is 0.496 e. The maximum absolute atomic E-state index is 5.48. The van der Waals surface area contributed by atoms with Gasteiger partial charge < -0.3 is 4.74 Å². The van der Waals surface area contributed by atoms with Gasteiger partial charge in [0.05, 0.1) is 24.0 Å². The minimum absolute atomic E-state index is 0.423. The number of hydrogen-bond donors (Lipinski definition) is 0. The Morgan fingerprint density at radius 2 is 1.79 bits per heavy atom. The SMILES string of the molecule is COc1ccc2c(C(C)C)cc(-c3nc(C(C)C)cs3)nc2c1C. The summed E-state index contributed by atoms with van der Waals surface area (Å²) in [6, 6.07) is 6.35. The first kappa shape index (κ1) is 16.9. The standard InChI is InChI=1S/C20H24N2OS/c1-11(2)15-9-16(20-22-17(10-24-20)12(3)4)21-19-13(5)18(23-6)8-7-14(15)19/h7-12H,1-6H3. The average Bonchev–Trinajstić information content (AvgIpc) is 3.04. The third-order valence-corrected chi connectivity index (χ3v) is 5.27. The molecule has 3 rings (SSSR count). The van der Waals surface area contributed by atoms with Crippen LogP contribution in [0.15, 0.2) is 23.6 Å². The lowest BCUT2D eigenvalue weighted by atomic mass is 9.96. The molecule has 126 valence electrons. The Kier molecular flexibility index (Phi) is 4.59. The molecule has 0 aliphatic heterocycles. The van der Waals surface area contributed by atoms with Crippen molar-refractivity contribution < 1.29 is 4.74 Å². The molecule has 0 saturated heterocycles. The number of pyridine rings is 1. The first-order valence-electron chi connectivity index (χ1n) is 8.36. The van der Waals surface area contributed by atoms with Crippen LogP contribution in [0, 0.1) is 6.92 Å². The fraction of sp³-hybridized carbons (Fsp3) is 0.400. The molecule has 0 unspecified atom stereocenters. The summed E-state index contributed by atoms with van der Waals surface area (Å²) in [7, 11) is 1.71. The lowest BCUT2D eigenvalue weighted by Gasteiger charge is -2.15. The van der Waals surface area contributed by atoms with E-state index in [-0.39, 0.29) is 0 Å². The van der Waals surface area contributed by atoms with Crippen LogP contribution in [0.2, 0.25) is 0 Å². The molecule has 2 heterocycles. The first-order chi connectivity index (χ1) is 11.4. The number of ether oxygens (including phenoxy) is 1. The number of benzene rings is 1. The topological polar surface area (TPSA) is 35.0 Å². The third kappa shape index (κ3) is 2.91. The van der Waals surface area contributed by atoms with E-state index in [1.54, 1.807) is 18.4 Å². The number of hydrogen-bond acceptors (Lipinski definition) is 4. The van der Waals surface area contributed by atoms with Crippen molar-refractivity contribution in [1.82, 2.24) is 9.97 Å². The molecule has 0 radical (unpaired) electrons. The predicted octanol–water partition coefficient (Wildman–Crippen LogP) is 5.92. The highest BCUT2D eigenvalue weighted by Crippen LogP contribution is 2.35. The molecule has 0 amide bonds. The van der Waals surface area contributed by atoms with Crippen LogP contribution < -0.4 is 4.74 Å². The molecule has 0 aliphatic rings. The Morgan fingerprint density at radius 1 is 1.04 bits per heavy atom. The fourth-order valence-corrected chi connectivity index (χ4v) is 3.85. The van der Waals surface area contributed by atoms with E-state index in [1.165, 1.54) is 10.9 Å². The molecule has 3 nitrogen and oxygen atoms in total. The molecule has 0 aliphatic carbocycles. The summed E-state index contributed by atoms with van der Waals surface area (Å²) in [5.74, 6) is 1.73. The number of aromatic nitrogens is 2. The zero-order valence-electron chi connectivity index (χ0n) is 15.2. The first-order valence-corrected chi connectivity index (χ1v) is 9.24. The smallest absolute Gasteiger partial charge is 0.142 e. The molecule has 0 saturated carbocycles. The van der Waals surface area contributed by atoms with Crippen molar-refractivity contribution in [3.05, 3.63) is 40.4 Å². The van der Waals surface area contributed by atoms with E-state index in [2.05, 4.69) is 52.1 Å². The van der Waals surface area contributed by atoms with E-state index in [1.807, 2.05) is 6.07 Å². The molecule has 2 aromatic heterocycles. The van der Waals surface area contributed by atoms with Gasteiger partial charge in [-0.3, -0.25) is 0 Å². The summed E-state index contributed by atoms with van der Waals surface area (Å²) in [6.45, 7) is 10.9. The number of aryl methyl sites for hydroxylation is 1. The van der Waals surface area contributed by atoms with Gasteiger partial charge in [-0.25, -0.2) is 9.97 Å². The molecular weight excluding hydrogens is 316 g/mol. The fourth-order valence-electron chi connectivity index (χ4n) is 2.91. The van der Waals surface area contributed by atoms with Crippen molar-refractivity contribution in [3.63, 3.8) is 0 Å². The molecule has 4 heteroatoms. The summed E-state index contributed by atoms with van der Waals surface area (Å²) in [4.78, 5) is 9.72. The lowest BCUT2D eigenvalue weighted by molar-refractivity contribution is 0.412. The molecule has 0 spiro atoms. The van der Waals surface area contributed by atoms with E-state index in [0.29, 0.717) is 11.8 Å². The van der Waals surface area contributed by atoms with Gasteiger partial charge >= 0.3 is 0 Å². The second kappa shape index (κ2) is 6.52. The Morgan fingerprint density at radius 3 is 2.38 bits per heavy atom. The highest BCUT2D eigenvalue weighted by atomic mass is 32.1. The van der Waals surface area contributed by atoms with Gasteiger partial charge in [-0.05, 0) is 42.5 Å². The van der Waals surface area contributed by atoms with Gasteiger partial charge in [0.15, 0.2) is 0 Å². The van der Waals surface area contributed by atoms with E-state index < -0.39 is 0 Å². The van der Waals surface area contributed by atoms with Crippen LogP contribution in [0.3, 0.4) is 0 Å². The molecule has 0 N–H and O–H groups in total. The van der Waals surface area contributed by atoms with Gasteiger partial charge in [-0.15, -0.1) is 11.3 Å². The van der Waals surface area contributed by atoms with Crippen LogP contribution >= 0.6 is 11.3 Å². The highest BCUT2D eigenvalue weighted by Gasteiger charge is 2.16. The monoisotopic (exact) mass is 340 g/mol. The number of methoxy groups -OCH3 is 1. The van der Waals surface area contributed by atoms with E-state index in [4.69, 9.17) is 14.7 Å². The number of thiazole rings is 1. The molecule has 1 aromatic carbocycles. The summed E-state index contributed by atoms with van der Waals surface area (Å²) < 4.78 is 5.48. The second-order valence-corrected chi connectivity index (χ2v) is 7.63. The van der Waals surface area contributed by atoms with Crippen molar-refractivity contribution in [2.75, 3.05) is 7.11 Å². The minimum Gasteiger partial charge on any atom is -0.496 e. The molecule has 3 aromatic rings. The highest BCUT2D eigenvalue weighted by molar-refractivity contribution is 7.13. The van der Waals surface area contributed by atoms with Crippen LogP contribution in [0.5, 0.6) is 5.75 Å². The van der Waals surface area contributed by atoms with Crippen molar-refractivity contribution in [3.8, 4) is 16.5 Å². The summed E-state index contributed by atoms with van der Waals surface area (Å²) >= 11 is 1.67. The van der Waals surface area contributed by atoms with Gasteiger partial charge in [0, 0.05) is 16.3 Å². The predicted molar refractivity (Wildman–Crippen MR) is 102 cm³/mol. The average molecular weight is 340 g/mol. The lowest BCUT2D eigenvalue weighted by Crippen LogP contribution is -1.98. The summed E-state index contributed by atoms with van der Waals surface area (Å²) in [5, 5.41) is 4.33. The third-order valence-electron chi connectivity index (χ3n) is 4.39. The molecular formula is C20H24N2OS. The maximum atomic E-state index is 5.48. The van der Waals surface area contributed by atoms with Crippen LogP contribution in [0.4, 0.5) is 0 Å². The number of nitrogens with zero attached hydrogens (tertiary/aromatic N) is 2. The van der Waals surface area contributed by atoms with Gasteiger partial charge in [0.2, 0.25) is 0 Å². The van der Waals surface area contributed by atoms with Crippen LogP contribution in [-0.4, -0.2) is 17.1 Å². The number of rotatable bonds is 4. The zero-order chi connectivity index (χ0) is 17.4. The van der Waals surface area contributed by atoms with Gasteiger partial charge in [0.25, 0.3) is 0 Å².